The molecule has 0 saturated carbocycles. The lowest BCUT2D eigenvalue weighted by Gasteiger charge is -2.36. The Labute approximate surface area is 175 Å². The van der Waals surface area contributed by atoms with Crippen LogP contribution in [0.25, 0.3) is 0 Å². The molecule has 2 aromatic rings. The van der Waals surface area contributed by atoms with Gasteiger partial charge in [0.1, 0.15) is 5.82 Å². The molecule has 0 aromatic carbocycles. The monoisotopic (exact) mass is 415 g/mol. The third-order valence-electron chi connectivity index (χ3n) is 5.90. The van der Waals surface area contributed by atoms with Gasteiger partial charge in [-0.05, 0) is 11.4 Å². The van der Waals surface area contributed by atoms with Crippen molar-refractivity contribution in [1.82, 2.24) is 24.3 Å². The van der Waals surface area contributed by atoms with Crippen LogP contribution in [-0.4, -0.2) is 75.3 Å². The molecule has 0 atom stereocenters. The molecule has 0 unspecified atom stereocenters. The summed E-state index contributed by atoms with van der Waals surface area (Å²) in [4.78, 5) is 36.8. The van der Waals surface area contributed by atoms with E-state index < -0.39 is 0 Å². The van der Waals surface area contributed by atoms with Crippen molar-refractivity contribution in [3.63, 3.8) is 0 Å². The van der Waals surface area contributed by atoms with Crippen LogP contribution in [-0.2, 0) is 24.8 Å². The van der Waals surface area contributed by atoms with Crippen molar-refractivity contribution in [2.75, 3.05) is 39.3 Å². The first-order valence-electron chi connectivity index (χ1n) is 10.3. The summed E-state index contributed by atoms with van der Waals surface area (Å²) < 4.78 is 2.23. The zero-order valence-electron chi connectivity index (χ0n) is 17.4. The van der Waals surface area contributed by atoms with Gasteiger partial charge in [-0.3, -0.25) is 14.5 Å². The highest BCUT2D eigenvalue weighted by molar-refractivity contribution is 7.12. The number of carbonyl (C=O) groups excluding carboxylic acids is 2. The topological polar surface area (TPSA) is 61.7 Å². The van der Waals surface area contributed by atoms with Crippen LogP contribution in [0.5, 0.6) is 0 Å². The van der Waals surface area contributed by atoms with Crippen LogP contribution in [0.15, 0.2) is 17.5 Å². The SMILES string of the molecule is CC(C)c1nc2c(n1C)CCN(CC(=O)N1CCN(C(=O)c3cccs3)CC1)C2. The largest absolute Gasteiger partial charge is 0.338 e. The Morgan fingerprint density at radius 3 is 2.52 bits per heavy atom. The lowest BCUT2D eigenvalue weighted by Crippen LogP contribution is -2.52. The summed E-state index contributed by atoms with van der Waals surface area (Å²) in [5, 5.41) is 1.92. The molecule has 156 valence electrons. The minimum absolute atomic E-state index is 0.0757. The van der Waals surface area contributed by atoms with E-state index in [-0.39, 0.29) is 11.8 Å². The lowest BCUT2D eigenvalue weighted by molar-refractivity contribution is -0.134. The van der Waals surface area contributed by atoms with E-state index in [2.05, 4.69) is 30.4 Å². The summed E-state index contributed by atoms with van der Waals surface area (Å²) in [5.41, 5.74) is 2.42. The number of nitrogens with zero attached hydrogens (tertiary/aromatic N) is 5. The zero-order valence-corrected chi connectivity index (χ0v) is 18.2. The van der Waals surface area contributed by atoms with E-state index in [4.69, 9.17) is 4.98 Å². The van der Waals surface area contributed by atoms with Gasteiger partial charge in [0.05, 0.1) is 17.1 Å². The standard InChI is InChI=1S/C21H29N5O2S/c1-15(2)20-22-16-13-24(7-6-17(16)23(20)3)14-19(27)25-8-10-26(11-9-25)21(28)18-5-4-12-29-18/h4-5,12,15H,6-11,13-14H2,1-3H3. The number of hydrogen-bond acceptors (Lipinski definition) is 5. The van der Waals surface area contributed by atoms with Crippen molar-refractivity contribution in [1.29, 1.82) is 0 Å². The Morgan fingerprint density at radius 1 is 1.14 bits per heavy atom. The second-order valence-electron chi connectivity index (χ2n) is 8.19. The Bertz CT molecular complexity index is 881. The summed E-state index contributed by atoms with van der Waals surface area (Å²) in [6, 6.07) is 3.75. The van der Waals surface area contributed by atoms with Gasteiger partial charge in [-0.25, -0.2) is 4.98 Å². The Balaban J connectivity index is 1.30. The van der Waals surface area contributed by atoms with Crippen LogP contribution in [0.3, 0.4) is 0 Å². The molecule has 0 bridgehead atoms. The number of hydrogen-bond donors (Lipinski definition) is 0. The summed E-state index contributed by atoms with van der Waals surface area (Å²) in [6.07, 6.45) is 0.932. The fourth-order valence-electron chi connectivity index (χ4n) is 4.26. The highest BCUT2D eigenvalue weighted by Gasteiger charge is 2.28. The first-order valence-corrected chi connectivity index (χ1v) is 11.2. The normalized spacial score (nSPS) is 17.7. The molecule has 1 fully saturated rings. The van der Waals surface area contributed by atoms with E-state index >= 15 is 0 Å². The van der Waals surface area contributed by atoms with Crippen molar-refractivity contribution in [3.8, 4) is 0 Å². The van der Waals surface area contributed by atoms with Gasteiger partial charge in [-0.2, -0.15) is 0 Å². The van der Waals surface area contributed by atoms with Crippen molar-refractivity contribution < 1.29 is 9.59 Å². The van der Waals surface area contributed by atoms with E-state index in [1.54, 1.807) is 0 Å². The Kier molecular flexibility index (Phi) is 5.74. The van der Waals surface area contributed by atoms with Gasteiger partial charge in [0.2, 0.25) is 5.91 Å². The van der Waals surface area contributed by atoms with Crippen molar-refractivity contribution in [2.45, 2.75) is 32.7 Å². The molecular weight excluding hydrogens is 386 g/mol. The summed E-state index contributed by atoms with van der Waals surface area (Å²) >= 11 is 1.47. The minimum atomic E-state index is 0.0757. The smallest absolute Gasteiger partial charge is 0.264 e. The molecular formula is C21H29N5O2S. The van der Waals surface area contributed by atoms with Crippen molar-refractivity contribution in [3.05, 3.63) is 39.6 Å². The molecule has 4 heterocycles. The molecule has 2 aromatic heterocycles. The average Bonchev–Trinajstić information content (AvgIpc) is 3.36. The molecule has 2 amide bonds. The highest BCUT2D eigenvalue weighted by atomic mass is 32.1. The van der Waals surface area contributed by atoms with E-state index in [1.165, 1.54) is 17.0 Å². The van der Waals surface area contributed by atoms with Gasteiger partial charge >= 0.3 is 0 Å². The number of carbonyl (C=O) groups is 2. The first kappa shape index (κ1) is 20.1. The number of piperazine rings is 1. The molecule has 0 N–H and O–H groups in total. The van der Waals surface area contributed by atoms with E-state index in [0.717, 1.165) is 35.9 Å². The molecule has 0 spiro atoms. The number of thiophene rings is 1. The third kappa shape index (κ3) is 4.09. The number of rotatable bonds is 4. The number of amides is 2. The van der Waals surface area contributed by atoms with E-state index in [1.807, 2.05) is 27.3 Å². The molecule has 0 radical (unpaired) electrons. The fourth-order valence-corrected chi connectivity index (χ4v) is 4.95. The summed E-state index contributed by atoms with van der Waals surface area (Å²) in [5.74, 6) is 1.74. The molecule has 2 aliphatic heterocycles. The molecule has 1 saturated heterocycles. The minimum Gasteiger partial charge on any atom is -0.338 e. The molecule has 29 heavy (non-hydrogen) atoms. The predicted molar refractivity (Wildman–Crippen MR) is 113 cm³/mol. The number of imidazole rings is 1. The second kappa shape index (κ2) is 8.28. The molecule has 4 rings (SSSR count). The maximum Gasteiger partial charge on any atom is 0.264 e. The average molecular weight is 416 g/mol. The number of fused-ring (bicyclic) bond motifs is 1. The predicted octanol–water partition coefficient (Wildman–Crippen LogP) is 1.95. The maximum atomic E-state index is 12.8. The van der Waals surface area contributed by atoms with Crippen LogP contribution >= 0.6 is 11.3 Å². The summed E-state index contributed by atoms with van der Waals surface area (Å²) in [7, 11) is 2.10. The van der Waals surface area contributed by atoms with Crippen LogP contribution in [0.1, 0.15) is 46.6 Å². The third-order valence-corrected chi connectivity index (χ3v) is 6.75. The van der Waals surface area contributed by atoms with Crippen LogP contribution in [0, 0.1) is 0 Å². The molecule has 2 aliphatic rings. The van der Waals surface area contributed by atoms with Crippen LogP contribution in [0.2, 0.25) is 0 Å². The van der Waals surface area contributed by atoms with E-state index in [9.17, 15) is 9.59 Å². The summed E-state index contributed by atoms with van der Waals surface area (Å²) in [6.45, 7) is 8.79. The van der Waals surface area contributed by atoms with Crippen LogP contribution < -0.4 is 0 Å². The van der Waals surface area contributed by atoms with Crippen molar-refractivity contribution >= 4 is 23.2 Å². The van der Waals surface area contributed by atoms with Crippen molar-refractivity contribution in [2.24, 2.45) is 7.05 Å². The number of aromatic nitrogens is 2. The van der Waals surface area contributed by atoms with Gasteiger partial charge in [0, 0.05) is 64.3 Å². The molecule has 7 nitrogen and oxygen atoms in total. The lowest BCUT2D eigenvalue weighted by atomic mass is 10.1. The van der Waals surface area contributed by atoms with Gasteiger partial charge in [0.15, 0.2) is 0 Å². The maximum absolute atomic E-state index is 12.8. The van der Waals surface area contributed by atoms with Gasteiger partial charge in [-0.1, -0.05) is 19.9 Å². The van der Waals surface area contributed by atoms with Crippen LogP contribution in [0.4, 0.5) is 0 Å². The van der Waals surface area contributed by atoms with Gasteiger partial charge < -0.3 is 14.4 Å². The molecule has 8 heteroatoms. The zero-order chi connectivity index (χ0) is 20.5. The van der Waals surface area contributed by atoms with E-state index in [0.29, 0.717) is 38.6 Å². The van der Waals surface area contributed by atoms with Gasteiger partial charge in [-0.15, -0.1) is 11.3 Å². The second-order valence-corrected chi connectivity index (χ2v) is 9.14. The fraction of sp³-hybridized carbons (Fsp3) is 0.571. The Hall–Kier alpha value is -2.19. The quantitative estimate of drug-likeness (QED) is 0.766. The van der Waals surface area contributed by atoms with Gasteiger partial charge in [0.25, 0.3) is 5.91 Å². The molecule has 0 aliphatic carbocycles. The highest BCUT2D eigenvalue weighted by Crippen LogP contribution is 2.23. The first-order chi connectivity index (χ1) is 13.9. The Morgan fingerprint density at radius 2 is 1.86 bits per heavy atom.